The van der Waals surface area contributed by atoms with Crippen molar-refractivity contribution in [2.75, 3.05) is 0 Å². The van der Waals surface area contributed by atoms with Crippen LogP contribution in [0, 0.1) is 6.92 Å². The van der Waals surface area contributed by atoms with Crippen molar-refractivity contribution in [2.24, 2.45) is 7.05 Å². The Morgan fingerprint density at radius 2 is 2.05 bits per heavy atom. The second-order valence-corrected chi connectivity index (χ2v) is 5.78. The number of rotatable bonds is 3. The number of nitrogens with zero attached hydrogens (tertiary/aromatic N) is 5. The lowest BCUT2D eigenvalue weighted by Crippen LogP contribution is -2.27. The largest absolute Gasteiger partial charge is 0.350 e. The summed E-state index contributed by atoms with van der Waals surface area (Å²) < 4.78 is 2.03. The number of hydrogen-bond donors (Lipinski definition) is 1. The van der Waals surface area contributed by atoms with Crippen molar-refractivity contribution in [1.82, 2.24) is 30.1 Å². The van der Waals surface area contributed by atoms with E-state index in [2.05, 4.69) is 20.7 Å². The second-order valence-electron chi connectivity index (χ2n) is 5.78. The van der Waals surface area contributed by atoms with Crippen LogP contribution in [0.15, 0.2) is 12.1 Å². The van der Waals surface area contributed by atoms with Crippen LogP contribution in [0.2, 0.25) is 0 Å². The molecule has 0 radical (unpaired) electrons. The predicted octanol–water partition coefficient (Wildman–Crippen LogP) is 1.01. The van der Waals surface area contributed by atoms with E-state index in [0.29, 0.717) is 6.54 Å². The van der Waals surface area contributed by atoms with Gasteiger partial charge in [0.1, 0.15) is 0 Å². The minimum absolute atomic E-state index is 0.0888. The van der Waals surface area contributed by atoms with Crippen molar-refractivity contribution in [3.8, 4) is 0 Å². The standard InChI is InChI=1S/C13H20N6O/c1-9-6-7-10(18(9)5)8-14-12(20)11-15-17-19(16-11)13(2,3)4/h6-7H,8H2,1-5H3,(H,14,20). The zero-order chi connectivity index (χ0) is 14.9. The summed E-state index contributed by atoms with van der Waals surface area (Å²) in [5.74, 6) is -0.231. The molecule has 7 heteroatoms. The predicted molar refractivity (Wildman–Crippen MR) is 74.1 cm³/mol. The maximum absolute atomic E-state index is 12.0. The molecule has 0 aliphatic heterocycles. The number of carbonyl (C=O) groups excluding carboxylic acids is 1. The topological polar surface area (TPSA) is 77.6 Å². The van der Waals surface area contributed by atoms with Crippen molar-refractivity contribution in [2.45, 2.75) is 39.8 Å². The van der Waals surface area contributed by atoms with E-state index in [1.54, 1.807) is 0 Å². The molecule has 1 amide bonds. The van der Waals surface area contributed by atoms with Crippen LogP contribution in [-0.4, -0.2) is 30.7 Å². The average Bonchev–Trinajstić information content (AvgIpc) is 2.96. The fraction of sp³-hybridized carbons (Fsp3) is 0.538. The van der Waals surface area contributed by atoms with Crippen molar-refractivity contribution in [1.29, 1.82) is 0 Å². The van der Waals surface area contributed by atoms with E-state index in [1.807, 2.05) is 51.4 Å². The number of aryl methyl sites for hydroxylation is 1. The maximum atomic E-state index is 12.0. The van der Waals surface area contributed by atoms with Crippen molar-refractivity contribution in [3.05, 3.63) is 29.3 Å². The van der Waals surface area contributed by atoms with Crippen LogP contribution in [0.3, 0.4) is 0 Å². The van der Waals surface area contributed by atoms with Crippen molar-refractivity contribution in [3.63, 3.8) is 0 Å². The highest BCUT2D eigenvalue weighted by atomic mass is 16.2. The van der Waals surface area contributed by atoms with Gasteiger partial charge in [0, 0.05) is 18.4 Å². The molecule has 0 fully saturated rings. The monoisotopic (exact) mass is 276 g/mol. The molecule has 20 heavy (non-hydrogen) atoms. The molecule has 2 rings (SSSR count). The average molecular weight is 276 g/mol. The highest BCUT2D eigenvalue weighted by Crippen LogP contribution is 2.09. The molecule has 1 N–H and O–H groups in total. The Balaban J connectivity index is 2.02. The fourth-order valence-corrected chi connectivity index (χ4v) is 1.68. The molecule has 0 aromatic carbocycles. The van der Waals surface area contributed by atoms with Crippen LogP contribution in [0.5, 0.6) is 0 Å². The quantitative estimate of drug-likeness (QED) is 0.907. The summed E-state index contributed by atoms with van der Waals surface area (Å²) in [6.07, 6.45) is 0. The van der Waals surface area contributed by atoms with Crippen LogP contribution in [-0.2, 0) is 19.1 Å². The third-order valence-electron chi connectivity index (χ3n) is 3.12. The molecule has 0 aliphatic rings. The lowest BCUT2D eigenvalue weighted by molar-refractivity contribution is 0.0938. The molecular weight excluding hydrogens is 256 g/mol. The number of hydrogen-bond acceptors (Lipinski definition) is 4. The van der Waals surface area contributed by atoms with E-state index in [-0.39, 0.29) is 17.3 Å². The van der Waals surface area contributed by atoms with Gasteiger partial charge in [0.25, 0.3) is 11.7 Å². The zero-order valence-corrected chi connectivity index (χ0v) is 12.5. The van der Waals surface area contributed by atoms with Gasteiger partial charge < -0.3 is 9.88 Å². The van der Waals surface area contributed by atoms with Gasteiger partial charge in [-0.1, -0.05) is 0 Å². The summed E-state index contributed by atoms with van der Waals surface area (Å²) in [4.78, 5) is 13.4. The fourth-order valence-electron chi connectivity index (χ4n) is 1.68. The Kier molecular flexibility index (Phi) is 3.61. The van der Waals surface area contributed by atoms with Gasteiger partial charge in [0.15, 0.2) is 0 Å². The molecule has 0 saturated heterocycles. The highest BCUT2D eigenvalue weighted by Gasteiger charge is 2.20. The van der Waals surface area contributed by atoms with E-state index in [1.165, 1.54) is 4.80 Å². The number of aromatic nitrogens is 5. The molecule has 108 valence electrons. The van der Waals surface area contributed by atoms with Crippen molar-refractivity contribution >= 4 is 5.91 Å². The first kappa shape index (κ1) is 14.2. The first-order chi connectivity index (χ1) is 9.29. The summed E-state index contributed by atoms with van der Waals surface area (Å²) >= 11 is 0. The smallest absolute Gasteiger partial charge is 0.293 e. The van der Waals surface area contributed by atoms with E-state index < -0.39 is 0 Å². The first-order valence-corrected chi connectivity index (χ1v) is 6.49. The molecular formula is C13H20N6O. The van der Waals surface area contributed by atoms with Crippen LogP contribution >= 0.6 is 0 Å². The van der Waals surface area contributed by atoms with Gasteiger partial charge >= 0.3 is 0 Å². The van der Waals surface area contributed by atoms with E-state index in [0.717, 1.165) is 11.4 Å². The third-order valence-corrected chi connectivity index (χ3v) is 3.12. The summed E-state index contributed by atoms with van der Waals surface area (Å²) in [5, 5.41) is 14.6. The molecule has 0 aliphatic carbocycles. The molecule has 2 aromatic rings. The number of amides is 1. The Morgan fingerprint density at radius 3 is 2.55 bits per heavy atom. The van der Waals surface area contributed by atoms with Crippen LogP contribution in [0.1, 0.15) is 42.8 Å². The molecule has 0 saturated carbocycles. The third kappa shape index (κ3) is 2.87. The van der Waals surface area contributed by atoms with Gasteiger partial charge in [0.05, 0.1) is 12.1 Å². The molecule has 2 heterocycles. The summed E-state index contributed by atoms with van der Waals surface area (Å²) in [7, 11) is 1.96. The van der Waals surface area contributed by atoms with E-state index in [4.69, 9.17) is 0 Å². The molecule has 2 aromatic heterocycles. The van der Waals surface area contributed by atoms with E-state index in [9.17, 15) is 4.79 Å². The van der Waals surface area contributed by atoms with Gasteiger partial charge in [0.2, 0.25) is 0 Å². The lowest BCUT2D eigenvalue weighted by atomic mass is 10.1. The van der Waals surface area contributed by atoms with Gasteiger partial charge in [-0.2, -0.15) is 4.80 Å². The minimum Gasteiger partial charge on any atom is -0.350 e. The summed E-state index contributed by atoms with van der Waals surface area (Å²) in [5.41, 5.74) is 1.88. The normalized spacial score (nSPS) is 11.7. The first-order valence-electron chi connectivity index (χ1n) is 6.49. The van der Waals surface area contributed by atoms with E-state index >= 15 is 0 Å². The summed E-state index contributed by atoms with van der Waals surface area (Å²) in [6.45, 7) is 8.30. The van der Waals surface area contributed by atoms with Gasteiger partial charge in [-0.15, -0.1) is 10.2 Å². The Bertz CT molecular complexity index is 619. The van der Waals surface area contributed by atoms with Crippen molar-refractivity contribution < 1.29 is 4.79 Å². The number of nitrogens with one attached hydrogen (secondary N) is 1. The Morgan fingerprint density at radius 1 is 1.35 bits per heavy atom. The molecule has 0 bridgehead atoms. The van der Waals surface area contributed by atoms with Crippen LogP contribution < -0.4 is 5.32 Å². The van der Waals surface area contributed by atoms with Crippen LogP contribution in [0.4, 0.5) is 0 Å². The summed E-state index contributed by atoms with van der Waals surface area (Å²) in [6, 6.07) is 3.99. The van der Waals surface area contributed by atoms with Gasteiger partial charge in [-0.3, -0.25) is 4.79 Å². The Hall–Kier alpha value is -2.18. The molecule has 0 atom stereocenters. The maximum Gasteiger partial charge on any atom is 0.293 e. The lowest BCUT2D eigenvalue weighted by Gasteiger charge is -2.15. The zero-order valence-electron chi connectivity index (χ0n) is 12.5. The van der Waals surface area contributed by atoms with Crippen LogP contribution in [0.25, 0.3) is 0 Å². The number of tetrazole rings is 1. The van der Waals surface area contributed by atoms with Gasteiger partial charge in [-0.05, 0) is 45.0 Å². The molecule has 0 spiro atoms. The molecule has 0 unspecified atom stereocenters. The van der Waals surface area contributed by atoms with Gasteiger partial charge in [-0.25, -0.2) is 0 Å². The number of carbonyl (C=O) groups is 1. The second kappa shape index (κ2) is 5.07. The Labute approximate surface area is 118 Å². The highest BCUT2D eigenvalue weighted by molar-refractivity contribution is 5.89. The molecule has 7 nitrogen and oxygen atoms in total. The minimum atomic E-state index is -0.320. The SMILES string of the molecule is Cc1ccc(CNC(=O)c2nnn(C(C)(C)C)n2)n1C.